The normalized spacial score (nSPS) is 12.7. The minimum atomic E-state index is 0.325. The summed E-state index contributed by atoms with van der Waals surface area (Å²) in [7, 11) is 0. The highest BCUT2D eigenvalue weighted by Gasteiger charge is 2.07. The zero-order valence-electron chi connectivity index (χ0n) is 8.95. The predicted octanol–water partition coefficient (Wildman–Crippen LogP) is 3.34. The monoisotopic (exact) mass is 192 g/mol. The lowest BCUT2D eigenvalue weighted by molar-refractivity contribution is 0.281. The van der Waals surface area contributed by atoms with Crippen molar-refractivity contribution in [2.24, 2.45) is 0 Å². The molecule has 0 radical (unpaired) electrons. The summed E-state index contributed by atoms with van der Waals surface area (Å²) in [6, 6.07) is 10.7. The van der Waals surface area contributed by atoms with E-state index in [1.165, 1.54) is 18.4 Å². The third kappa shape index (κ3) is 3.51. The molecular formula is C13H20O. The molecule has 0 spiro atoms. The minimum absolute atomic E-state index is 0.325. The van der Waals surface area contributed by atoms with E-state index in [4.69, 9.17) is 5.11 Å². The van der Waals surface area contributed by atoms with Crippen LogP contribution in [-0.4, -0.2) is 11.7 Å². The SMILES string of the molecule is CCC(CCCCO)c1ccccc1. The molecule has 0 aliphatic rings. The van der Waals surface area contributed by atoms with E-state index in [2.05, 4.69) is 37.3 Å². The van der Waals surface area contributed by atoms with Crippen molar-refractivity contribution in [1.29, 1.82) is 0 Å². The van der Waals surface area contributed by atoms with E-state index in [0.717, 1.165) is 12.8 Å². The maximum atomic E-state index is 8.72. The molecule has 0 bridgehead atoms. The lowest BCUT2D eigenvalue weighted by atomic mass is 9.91. The molecule has 0 fully saturated rings. The summed E-state index contributed by atoms with van der Waals surface area (Å²) in [6.45, 7) is 2.56. The van der Waals surface area contributed by atoms with Crippen molar-refractivity contribution in [3.63, 3.8) is 0 Å². The van der Waals surface area contributed by atoms with E-state index >= 15 is 0 Å². The Morgan fingerprint density at radius 3 is 2.43 bits per heavy atom. The fourth-order valence-corrected chi connectivity index (χ4v) is 1.83. The van der Waals surface area contributed by atoms with Crippen LogP contribution in [0.5, 0.6) is 0 Å². The van der Waals surface area contributed by atoms with E-state index in [0.29, 0.717) is 12.5 Å². The van der Waals surface area contributed by atoms with Gasteiger partial charge < -0.3 is 5.11 Å². The molecule has 1 N–H and O–H groups in total. The highest BCUT2D eigenvalue weighted by atomic mass is 16.2. The highest BCUT2D eigenvalue weighted by molar-refractivity contribution is 5.19. The van der Waals surface area contributed by atoms with Crippen LogP contribution in [0.3, 0.4) is 0 Å². The number of unbranched alkanes of at least 4 members (excludes halogenated alkanes) is 1. The Morgan fingerprint density at radius 1 is 1.14 bits per heavy atom. The molecule has 0 aliphatic heterocycles. The van der Waals surface area contributed by atoms with Gasteiger partial charge in [0.2, 0.25) is 0 Å². The largest absolute Gasteiger partial charge is 0.396 e. The van der Waals surface area contributed by atoms with Crippen molar-refractivity contribution in [3.8, 4) is 0 Å². The van der Waals surface area contributed by atoms with E-state index in [1.54, 1.807) is 0 Å². The Bertz CT molecular complexity index is 230. The second kappa shape index (κ2) is 6.61. The van der Waals surface area contributed by atoms with Crippen LogP contribution < -0.4 is 0 Å². The van der Waals surface area contributed by atoms with Crippen molar-refractivity contribution in [2.75, 3.05) is 6.61 Å². The third-order valence-corrected chi connectivity index (χ3v) is 2.72. The first kappa shape index (κ1) is 11.3. The van der Waals surface area contributed by atoms with Gasteiger partial charge >= 0.3 is 0 Å². The smallest absolute Gasteiger partial charge is 0.0431 e. The van der Waals surface area contributed by atoms with E-state index < -0.39 is 0 Å². The van der Waals surface area contributed by atoms with Gasteiger partial charge in [-0.2, -0.15) is 0 Å². The second-order valence-electron chi connectivity index (χ2n) is 3.74. The molecule has 1 aromatic rings. The minimum Gasteiger partial charge on any atom is -0.396 e. The van der Waals surface area contributed by atoms with E-state index in [-0.39, 0.29) is 0 Å². The van der Waals surface area contributed by atoms with Gasteiger partial charge in [0.15, 0.2) is 0 Å². The Balaban J connectivity index is 2.46. The zero-order valence-corrected chi connectivity index (χ0v) is 8.95. The maximum Gasteiger partial charge on any atom is 0.0431 e. The summed E-state index contributed by atoms with van der Waals surface area (Å²) in [6.07, 6.45) is 4.45. The molecule has 0 heterocycles. The molecule has 1 nitrogen and oxygen atoms in total. The van der Waals surface area contributed by atoms with Gasteiger partial charge in [0, 0.05) is 6.61 Å². The Hall–Kier alpha value is -0.820. The summed E-state index contributed by atoms with van der Waals surface area (Å²) in [5.74, 6) is 0.669. The van der Waals surface area contributed by atoms with Gasteiger partial charge in [-0.1, -0.05) is 43.7 Å². The van der Waals surface area contributed by atoms with Gasteiger partial charge in [0.1, 0.15) is 0 Å². The Morgan fingerprint density at radius 2 is 1.86 bits per heavy atom. The Labute approximate surface area is 86.8 Å². The van der Waals surface area contributed by atoms with Crippen molar-refractivity contribution in [2.45, 2.75) is 38.5 Å². The van der Waals surface area contributed by atoms with Gasteiger partial charge in [0.05, 0.1) is 0 Å². The summed E-state index contributed by atoms with van der Waals surface area (Å²) in [5.41, 5.74) is 1.44. The number of aliphatic hydroxyl groups excluding tert-OH is 1. The molecule has 0 aliphatic carbocycles. The fourth-order valence-electron chi connectivity index (χ4n) is 1.83. The first-order chi connectivity index (χ1) is 6.88. The first-order valence-corrected chi connectivity index (χ1v) is 5.54. The maximum absolute atomic E-state index is 8.72. The topological polar surface area (TPSA) is 20.2 Å². The number of benzene rings is 1. The van der Waals surface area contributed by atoms with Crippen molar-refractivity contribution >= 4 is 0 Å². The Kier molecular flexibility index (Phi) is 5.31. The molecule has 1 unspecified atom stereocenters. The van der Waals surface area contributed by atoms with E-state index in [1.807, 2.05) is 0 Å². The molecule has 1 heteroatoms. The van der Waals surface area contributed by atoms with Gasteiger partial charge in [-0.05, 0) is 30.7 Å². The van der Waals surface area contributed by atoms with Crippen LogP contribution in [0.2, 0.25) is 0 Å². The average molecular weight is 192 g/mol. The molecule has 78 valence electrons. The van der Waals surface area contributed by atoms with Gasteiger partial charge in [-0.15, -0.1) is 0 Å². The molecule has 14 heavy (non-hydrogen) atoms. The standard InChI is InChI=1S/C13H20O/c1-2-12(8-6-7-11-14)13-9-4-3-5-10-13/h3-5,9-10,12,14H,2,6-8,11H2,1H3. The summed E-state index contributed by atoms with van der Waals surface area (Å²) >= 11 is 0. The van der Waals surface area contributed by atoms with Crippen LogP contribution >= 0.6 is 0 Å². The van der Waals surface area contributed by atoms with Crippen LogP contribution in [-0.2, 0) is 0 Å². The molecule has 0 saturated carbocycles. The first-order valence-electron chi connectivity index (χ1n) is 5.54. The quantitative estimate of drug-likeness (QED) is 0.685. The molecular weight excluding hydrogens is 172 g/mol. The third-order valence-electron chi connectivity index (χ3n) is 2.72. The van der Waals surface area contributed by atoms with Crippen LogP contribution in [0, 0.1) is 0 Å². The number of hydrogen-bond donors (Lipinski definition) is 1. The van der Waals surface area contributed by atoms with Crippen LogP contribution in [0.15, 0.2) is 30.3 Å². The van der Waals surface area contributed by atoms with Crippen LogP contribution in [0.4, 0.5) is 0 Å². The molecule has 0 amide bonds. The zero-order chi connectivity index (χ0) is 10.2. The summed E-state index contributed by atoms with van der Waals surface area (Å²) in [4.78, 5) is 0. The number of hydrogen-bond acceptors (Lipinski definition) is 1. The average Bonchev–Trinajstić information content (AvgIpc) is 2.26. The molecule has 1 rings (SSSR count). The highest BCUT2D eigenvalue weighted by Crippen LogP contribution is 2.24. The van der Waals surface area contributed by atoms with Gasteiger partial charge in [0.25, 0.3) is 0 Å². The van der Waals surface area contributed by atoms with E-state index in [9.17, 15) is 0 Å². The molecule has 0 aromatic heterocycles. The predicted molar refractivity (Wildman–Crippen MR) is 60.4 cm³/mol. The number of aliphatic hydroxyl groups is 1. The lowest BCUT2D eigenvalue weighted by Gasteiger charge is -2.14. The fraction of sp³-hybridized carbons (Fsp3) is 0.538. The molecule has 1 aromatic carbocycles. The van der Waals surface area contributed by atoms with Gasteiger partial charge in [-0.25, -0.2) is 0 Å². The van der Waals surface area contributed by atoms with Crippen molar-refractivity contribution < 1.29 is 5.11 Å². The second-order valence-corrected chi connectivity index (χ2v) is 3.74. The van der Waals surface area contributed by atoms with Crippen LogP contribution in [0.1, 0.15) is 44.1 Å². The van der Waals surface area contributed by atoms with Crippen LogP contribution in [0.25, 0.3) is 0 Å². The number of rotatable bonds is 6. The van der Waals surface area contributed by atoms with Gasteiger partial charge in [-0.3, -0.25) is 0 Å². The molecule has 1 atom stereocenters. The summed E-state index contributed by atoms with van der Waals surface area (Å²) < 4.78 is 0. The lowest BCUT2D eigenvalue weighted by Crippen LogP contribution is -1.97. The summed E-state index contributed by atoms with van der Waals surface area (Å²) in [5, 5.41) is 8.72. The van der Waals surface area contributed by atoms with Crippen molar-refractivity contribution in [3.05, 3.63) is 35.9 Å². The molecule has 0 saturated heterocycles. The van der Waals surface area contributed by atoms with Crippen molar-refractivity contribution in [1.82, 2.24) is 0 Å².